The van der Waals surface area contributed by atoms with Gasteiger partial charge in [-0.25, -0.2) is 13.1 Å². The highest BCUT2D eigenvalue weighted by Crippen LogP contribution is 2.27. The molecule has 1 aromatic carbocycles. The van der Waals surface area contributed by atoms with Crippen LogP contribution in [-0.4, -0.2) is 21.5 Å². The van der Waals surface area contributed by atoms with Crippen molar-refractivity contribution in [2.45, 2.75) is 45.1 Å². The second-order valence-corrected chi connectivity index (χ2v) is 7.28. The highest BCUT2D eigenvalue weighted by atomic mass is 79.9. The van der Waals surface area contributed by atoms with Crippen molar-refractivity contribution in [2.75, 3.05) is 13.1 Å². The van der Waals surface area contributed by atoms with Gasteiger partial charge in [0.25, 0.3) is 0 Å². The Morgan fingerprint density at radius 2 is 1.95 bits per heavy atom. The summed E-state index contributed by atoms with van der Waals surface area (Å²) < 4.78 is 28.0. The molecule has 2 N–H and O–H groups in total. The van der Waals surface area contributed by atoms with Crippen LogP contribution in [0.1, 0.15) is 37.8 Å². The maximum atomic E-state index is 12.3. The predicted octanol–water partition coefficient (Wildman–Crippen LogP) is 2.95. The molecule has 0 radical (unpaired) electrons. The molecule has 20 heavy (non-hydrogen) atoms. The van der Waals surface area contributed by atoms with Crippen LogP contribution in [-0.2, 0) is 16.6 Å². The standard InChI is InChI=1S/C14H23BrN2O2S/c1-4-6-7-17-20(18,19)13-9-12(10-16-5-2)8-11(3)14(13)15/h8-9,16-17H,4-7,10H2,1-3H3. The number of hydrogen-bond donors (Lipinski definition) is 2. The topological polar surface area (TPSA) is 58.2 Å². The summed E-state index contributed by atoms with van der Waals surface area (Å²) in [6.45, 7) is 7.96. The van der Waals surface area contributed by atoms with Gasteiger partial charge in [0.1, 0.15) is 0 Å². The molecule has 0 aliphatic heterocycles. The summed E-state index contributed by atoms with van der Waals surface area (Å²) in [6, 6.07) is 3.73. The van der Waals surface area contributed by atoms with Gasteiger partial charge in [-0.15, -0.1) is 0 Å². The van der Waals surface area contributed by atoms with Gasteiger partial charge in [-0.3, -0.25) is 0 Å². The lowest BCUT2D eigenvalue weighted by Crippen LogP contribution is -2.25. The summed E-state index contributed by atoms with van der Waals surface area (Å²) in [5, 5.41) is 3.21. The van der Waals surface area contributed by atoms with E-state index >= 15 is 0 Å². The minimum absolute atomic E-state index is 0.321. The molecule has 0 unspecified atom stereocenters. The Balaban J connectivity index is 3.05. The molecule has 0 saturated carbocycles. The molecule has 0 spiro atoms. The Labute approximate surface area is 130 Å². The van der Waals surface area contributed by atoms with Crippen molar-refractivity contribution in [3.05, 3.63) is 27.7 Å². The summed E-state index contributed by atoms with van der Waals surface area (Å²) in [6.07, 6.45) is 1.80. The van der Waals surface area contributed by atoms with E-state index in [0.717, 1.165) is 30.5 Å². The Morgan fingerprint density at radius 3 is 2.55 bits per heavy atom. The third kappa shape index (κ3) is 4.84. The fraction of sp³-hybridized carbons (Fsp3) is 0.571. The smallest absolute Gasteiger partial charge is 0.241 e. The molecule has 4 nitrogen and oxygen atoms in total. The van der Waals surface area contributed by atoms with Crippen LogP contribution >= 0.6 is 15.9 Å². The quantitative estimate of drug-likeness (QED) is 0.699. The zero-order valence-corrected chi connectivity index (χ0v) is 14.7. The lowest BCUT2D eigenvalue weighted by Gasteiger charge is -2.13. The first kappa shape index (κ1) is 17.6. The molecule has 6 heteroatoms. The third-order valence-corrected chi connectivity index (χ3v) is 5.77. The lowest BCUT2D eigenvalue weighted by atomic mass is 10.1. The Kier molecular flexibility index (Phi) is 7.15. The van der Waals surface area contributed by atoms with Crippen molar-refractivity contribution in [3.63, 3.8) is 0 Å². The summed E-state index contributed by atoms with van der Waals surface area (Å²) >= 11 is 3.39. The zero-order chi connectivity index (χ0) is 15.2. The first-order valence-electron chi connectivity index (χ1n) is 6.91. The van der Waals surface area contributed by atoms with Crippen molar-refractivity contribution < 1.29 is 8.42 Å². The van der Waals surface area contributed by atoms with Gasteiger partial charge < -0.3 is 5.32 Å². The van der Waals surface area contributed by atoms with E-state index in [0.29, 0.717) is 22.5 Å². The highest BCUT2D eigenvalue weighted by Gasteiger charge is 2.19. The van der Waals surface area contributed by atoms with E-state index < -0.39 is 10.0 Å². The van der Waals surface area contributed by atoms with Gasteiger partial charge in [-0.1, -0.05) is 26.3 Å². The van der Waals surface area contributed by atoms with Crippen LogP contribution < -0.4 is 10.0 Å². The number of aryl methyl sites for hydroxylation is 1. The average molecular weight is 363 g/mol. The normalized spacial score (nSPS) is 11.8. The SMILES string of the molecule is CCCCNS(=O)(=O)c1cc(CNCC)cc(C)c1Br. The van der Waals surface area contributed by atoms with E-state index in [9.17, 15) is 8.42 Å². The van der Waals surface area contributed by atoms with Crippen LogP contribution in [0.4, 0.5) is 0 Å². The summed E-state index contributed by atoms with van der Waals surface area (Å²) in [4.78, 5) is 0.321. The molecule has 0 aromatic heterocycles. The van der Waals surface area contributed by atoms with Crippen molar-refractivity contribution >= 4 is 26.0 Å². The first-order valence-corrected chi connectivity index (χ1v) is 9.19. The number of unbranched alkanes of at least 4 members (excludes halogenated alkanes) is 1. The monoisotopic (exact) mass is 362 g/mol. The van der Waals surface area contributed by atoms with E-state index in [1.165, 1.54) is 0 Å². The van der Waals surface area contributed by atoms with Crippen LogP contribution in [0.3, 0.4) is 0 Å². The van der Waals surface area contributed by atoms with Gasteiger partial charge >= 0.3 is 0 Å². The molecule has 0 heterocycles. The van der Waals surface area contributed by atoms with Gasteiger partial charge in [0.05, 0.1) is 4.90 Å². The molecule has 0 atom stereocenters. The van der Waals surface area contributed by atoms with E-state index in [2.05, 4.69) is 26.0 Å². The van der Waals surface area contributed by atoms with Crippen molar-refractivity contribution in [2.24, 2.45) is 0 Å². The maximum absolute atomic E-state index is 12.3. The van der Waals surface area contributed by atoms with E-state index in [-0.39, 0.29) is 0 Å². The third-order valence-electron chi connectivity index (χ3n) is 2.97. The second kappa shape index (κ2) is 8.12. The van der Waals surface area contributed by atoms with Crippen LogP contribution in [0.2, 0.25) is 0 Å². The Hall–Kier alpha value is -0.430. The van der Waals surface area contributed by atoms with Gasteiger partial charge in [-0.2, -0.15) is 0 Å². The first-order chi connectivity index (χ1) is 9.42. The summed E-state index contributed by atoms with van der Waals surface area (Å²) in [5.41, 5.74) is 1.90. The fourth-order valence-corrected chi connectivity index (χ4v) is 3.98. The predicted molar refractivity (Wildman–Crippen MR) is 86.4 cm³/mol. The Bertz CT molecular complexity index is 544. The number of sulfonamides is 1. The molecule has 0 fully saturated rings. The molecular formula is C14H23BrN2O2S. The van der Waals surface area contributed by atoms with Crippen LogP contribution in [0.15, 0.2) is 21.5 Å². The molecule has 114 valence electrons. The van der Waals surface area contributed by atoms with E-state index in [1.54, 1.807) is 6.07 Å². The fourth-order valence-electron chi connectivity index (χ4n) is 1.84. The summed E-state index contributed by atoms with van der Waals surface area (Å²) in [5.74, 6) is 0. The molecular weight excluding hydrogens is 340 g/mol. The van der Waals surface area contributed by atoms with Gasteiger partial charge in [-0.05, 0) is 53.0 Å². The molecule has 0 aliphatic rings. The average Bonchev–Trinajstić information content (AvgIpc) is 2.39. The number of halogens is 1. The van der Waals surface area contributed by atoms with Crippen LogP contribution in [0.25, 0.3) is 0 Å². The van der Waals surface area contributed by atoms with Crippen molar-refractivity contribution in [3.8, 4) is 0 Å². The highest BCUT2D eigenvalue weighted by molar-refractivity contribution is 9.10. The Morgan fingerprint density at radius 1 is 1.25 bits per heavy atom. The second-order valence-electron chi connectivity index (χ2n) is 4.76. The van der Waals surface area contributed by atoms with Gasteiger partial charge in [0.15, 0.2) is 0 Å². The number of nitrogens with one attached hydrogen (secondary N) is 2. The minimum Gasteiger partial charge on any atom is -0.313 e. The molecule has 1 rings (SSSR count). The molecule has 0 saturated heterocycles. The van der Waals surface area contributed by atoms with Crippen LogP contribution in [0.5, 0.6) is 0 Å². The molecule has 0 bridgehead atoms. The maximum Gasteiger partial charge on any atom is 0.241 e. The van der Waals surface area contributed by atoms with Crippen molar-refractivity contribution in [1.29, 1.82) is 0 Å². The lowest BCUT2D eigenvalue weighted by molar-refractivity contribution is 0.577. The van der Waals surface area contributed by atoms with Gasteiger partial charge in [0.2, 0.25) is 10.0 Å². The molecule has 0 amide bonds. The van der Waals surface area contributed by atoms with Crippen LogP contribution in [0, 0.1) is 6.92 Å². The van der Waals surface area contributed by atoms with E-state index in [4.69, 9.17) is 0 Å². The van der Waals surface area contributed by atoms with E-state index in [1.807, 2.05) is 26.8 Å². The van der Waals surface area contributed by atoms with Crippen molar-refractivity contribution in [1.82, 2.24) is 10.0 Å². The largest absolute Gasteiger partial charge is 0.313 e. The van der Waals surface area contributed by atoms with Gasteiger partial charge in [0, 0.05) is 17.6 Å². The minimum atomic E-state index is -3.46. The zero-order valence-electron chi connectivity index (χ0n) is 12.3. The molecule has 1 aromatic rings. The number of benzene rings is 1. The summed E-state index contributed by atoms with van der Waals surface area (Å²) in [7, 11) is -3.46. The molecule has 0 aliphatic carbocycles. The number of rotatable bonds is 8. The number of hydrogen-bond acceptors (Lipinski definition) is 3.